The van der Waals surface area contributed by atoms with Crippen LogP contribution in [0, 0.1) is 23.7 Å². The quantitative estimate of drug-likeness (QED) is 0.135. The van der Waals surface area contributed by atoms with Gasteiger partial charge in [0, 0.05) is 27.3 Å². The number of carbonyl (C=O) groups is 2. The van der Waals surface area contributed by atoms with E-state index in [1.807, 2.05) is 75.4 Å². The first kappa shape index (κ1) is 31.7. The van der Waals surface area contributed by atoms with Crippen LogP contribution in [-0.4, -0.2) is 39.8 Å². The predicted octanol–water partition coefficient (Wildman–Crippen LogP) is 7.21. The van der Waals surface area contributed by atoms with Crippen molar-refractivity contribution in [2.24, 2.45) is 23.7 Å². The van der Waals surface area contributed by atoms with Gasteiger partial charge in [-0.1, -0.05) is 65.2 Å². The van der Waals surface area contributed by atoms with Gasteiger partial charge in [-0.3, -0.25) is 14.5 Å². The number of aliphatic hydroxyl groups excluding tert-OH is 2. The fourth-order valence-corrected chi connectivity index (χ4v) is 6.96. The first-order chi connectivity index (χ1) is 21.1. The molecule has 0 unspecified atom stereocenters. The average molecular weight is 660 g/mol. The number of allylic oxidation sites excluding steroid dienone is 2. The van der Waals surface area contributed by atoms with E-state index in [0.717, 1.165) is 27.0 Å². The van der Waals surface area contributed by atoms with Gasteiger partial charge in [-0.05, 0) is 92.3 Å². The number of benzene rings is 3. The normalized spacial score (nSPS) is 21.2. The van der Waals surface area contributed by atoms with Crippen LogP contribution in [0.1, 0.15) is 45.6 Å². The maximum absolute atomic E-state index is 13.9. The Morgan fingerprint density at radius 1 is 1.02 bits per heavy atom. The van der Waals surface area contributed by atoms with Crippen LogP contribution in [0.4, 0.5) is 17.1 Å². The number of nitrogens with one attached hydrogen (secondary N) is 1. The molecule has 1 aliphatic heterocycles. The van der Waals surface area contributed by atoms with Gasteiger partial charge in [0.1, 0.15) is 5.75 Å². The molecule has 1 fully saturated rings. The standard InChI is InChI=1S/C36H39BrN2O5/c1-21(2)28-19-29-34(30(20-40)33(28)32(42)15-9-22(3)17-23-18-24(37)10-16-31(23)41)36(44)39(35(29)43)27-13-11-26(12-14-27)38-25-7-5-4-6-8-25/h4-8,10-14,16-18,21,29-30,32,34,38,40-42H,9,15,19-20H2,1-3H3/b22-17+/t29-,30+,32-,34-/m1/s1. The summed E-state index contributed by atoms with van der Waals surface area (Å²) < 4.78 is 0.855. The molecule has 0 saturated carbocycles. The third kappa shape index (κ3) is 6.53. The summed E-state index contributed by atoms with van der Waals surface area (Å²) in [7, 11) is 0. The van der Waals surface area contributed by atoms with Gasteiger partial charge >= 0.3 is 0 Å². The molecule has 230 valence electrons. The summed E-state index contributed by atoms with van der Waals surface area (Å²) in [6.07, 6.45) is 2.32. The number of phenolic OH excluding ortho intramolecular Hbond substituents is 1. The van der Waals surface area contributed by atoms with E-state index < -0.39 is 23.9 Å². The van der Waals surface area contributed by atoms with Gasteiger partial charge in [-0.25, -0.2) is 0 Å². The van der Waals surface area contributed by atoms with Crippen LogP contribution >= 0.6 is 15.9 Å². The minimum absolute atomic E-state index is 0.0326. The van der Waals surface area contributed by atoms with Crippen molar-refractivity contribution in [1.29, 1.82) is 0 Å². The lowest BCUT2D eigenvalue weighted by Crippen LogP contribution is -2.39. The molecule has 4 N–H and O–H groups in total. The maximum Gasteiger partial charge on any atom is 0.238 e. The van der Waals surface area contributed by atoms with Crippen molar-refractivity contribution < 1.29 is 24.9 Å². The number of amides is 2. The van der Waals surface area contributed by atoms with Crippen molar-refractivity contribution >= 4 is 50.9 Å². The lowest BCUT2D eigenvalue weighted by molar-refractivity contribution is -0.123. The number of carbonyl (C=O) groups excluding carboxylic acids is 2. The van der Waals surface area contributed by atoms with Gasteiger partial charge in [-0.2, -0.15) is 0 Å². The summed E-state index contributed by atoms with van der Waals surface area (Å²) in [6.45, 7) is 5.66. The van der Waals surface area contributed by atoms with Crippen molar-refractivity contribution in [2.45, 2.75) is 46.1 Å². The fourth-order valence-electron chi connectivity index (χ4n) is 6.58. The second-order valence-corrected chi connectivity index (χ2v) is 13.0. The molecule has 5 rings (SSSR count). The molecule has 1 heterocycles. The van der Waals surface area contributed by atoms with Crippen molar-refractivity contribution in [2.75, 3.05) is 16.8 Å². The first-order valence-electron chi connectivity index (χ1n) is 15.1. The molecule has 1 saturated heterocycles. The number of rotatable bonds is 10. The van der Waals surface area contributed by atoms with Crippen LogP contribution in [0.15, 0.2) is 94.0 Å². The third-order valence-corrected chi connectivity index (χ3v) is 9.26. The lowest BCUT2D eigenvalue weighted by Gasteiger charge is -2.38. The second kappa shape index (κ2) is 13.5. The minimum atomic E-state index is -0.884. The number of hydrogen-bond donors (Lipinski definition) is 4. The first-order valence-corrected chi connectivity index (χ1v) is 15.9. The van der Waals surface area contributed by atoms with E-state index in [1.54, 1.807) is 24.3 Å². The van der Waals surface area contributed by atoms with Gasteiger partial charge in [0.15, 0.2) is 0 Å². The second-order valence-electron chi connectivity index (χ2n) is 12.1. The Morgan fingerprint density at radius 2 is 1.70 bits per heavy atom. The number of halogens is 1. The number of anilines is 3. The van der Waals surface area contributed by atoms with Crippen LogP contribution in [-0.2, 0) is 9.59 Å². The van der Waals surface area contributed by atoms with E-state index in [4.69, 9.17) is 0 Å². The molecule has 3 aromatic rings. The molecule has 2 amide bonds. The van der Waals surface area contributed by atoms with E-state index in [2.05, 4.69) is 21.2 Å². The summed E-state index contributed by atoms with van der Waals surface area (Å²) in [5.74, 6) is -2.37. The SMILES string of the molecule is C/C(=C\c1cc(Br)ccc1O)CC[C@@H](O)C1=C(C(C)C)C[C@H]2C(=O)N(c3ccc(Nc4ccccc4)cc3)C(=O)[C@H]2[C@H]1CO. The Morgan fingerprint density at radius 3 is 2.36 bits per heavy atom. The van der Waals surface area contributed by atoms with Crippen LogP contribution in [0.2, 0.25) is 0 Å². The Bertz CT molecular complexity index is 1580. The monoisotopic (exact) mass is 658 g/mol. The Hall–Kier alpha value is -3.72. The Kier molecular flexibility index (Phi) is 9.73. The topological polar surface area (TPSA) is 110 Å². The third-order valence-electron chi connectivity index (χ3n) is 8.76. The molecule has 7 nitrogen and oxygen atoms in total. The number of para-hydroxylation sites is 1. The molecule has 0 radical (unpaired) electrons. The van der Waals surface area contributed by atoms with E-state index in [9.17, 15) is 24.9 Å². The molecular formula is C36H39BrN2O5. The zero-order valence-electron chi connectivity index (χ0n) is 25.2. The summed E-state index contributed by atoms with van der Waals surface area (Å²) in [4.78, 5) is 28.9. The smallest absolute Gasteiger partial charge is 0.238 e. The molecular weight excluding hydrogens is 620 g/mol. The molecule has 3 aromatic carbocycles. The predicted molar refractivity (Wildman–Crippen MR) is 177 cm³/mol. The van der Waals surface area contributed by atoms with Crippen LogP contribution in [0.5, 0.6) is 5.75 Å². The summed E-state index contributed by atoms with van der Waals surface area (Å²) >= 11 is 3.43. The van der Waals surface area contributed by atoms with Gasteiger partial charge in [-0.15, -0.1) is 0 Å². The molecule has 1 aliphatic carbocycles. The van der Waals surface area contributed by atoms with E-state index in [1.165, 1.54) is 4.90 Å². The zero-order chi connectivity index (χ0) is 31.5. The summed E-state index contributed by atoms with van der Waals surface area (Å²) in [6, 6.07) is 22.2. The van der Waals surface area contributed by atoms with Crippen LogP contribution in [0.3, 0.4) is 0 Å². The number of hydrogen-bond acceptors (Lipinski definition) is 6. The average Bonchev–Trinajstić information content (AvgIpc) is 3.26. The summed E-state index contributed by atoms with van der Waals surface area (Å²) in [5, 5.41) is 35.7. The van der Waals surface area contributed by atoms with E-state index >= 15 is 0 Å². The summed E-state index contributed by atoms with van der Waals surface area (Å²) in [5.41, 5.74) is 5.54. The molecule has 0 spiro atoms. The van der Waals surface area contributed by atoms with Gasteiger partial charge in [0.25, 0.3) is 0 Å². The Balaban J connectivity index is 1.36. The minimum Gasteiger partial charge on any atom is -0.507 e. The molecule has 44 heavy (non-hydrogen) atoms. The van der Waals surface area contributed by atoms with Crippen molar-refractivity contribution in [3.05, 3.63) is 99.6 Å². The molecule has 0 aromatic heterocycles. The number of aliphatic hydroxyl groups is 2. The number of phenols is 1. The molecule has 8 heteroatoms. The van der Waals surface area contributed by atoms with Crippen molar-refractivity contribution in [3.8, 4) is 5.75 Å². The Labute approximate surface area is 267 Å². The number of nitrogens with zero attached hydrogens (tertiary/aromatic N) is 1. The molecule has 0 bridgehead atoms. The maximum atomic E-state index is 13.9. The zero-order valence-corrected chi connectivity index (χ0v) is 26.8. The largest absolute Gasteiger partial charge is 0.507 e. The lowest BCUT2D eigenvalue weighted by atomic mass is 9.66. The number of fused-ring (bicyclic) bond motifs is 1. The van der Waals surface area contributed by atoms with E-state index in [-0.39, 0.29) is 30.1 Å². The van der Waals surface area contributed by atoms with Crippen LogP contribution < -0.4 is 10.2 Å². The number of imide groups is 1. The molecule has 2 aliphatic rings. The van der Waals surface area contributed by atoms with Gasteiger partial charge in [0.2, 0.25) is 11.8 Å². The highest BCUT2D eigenvalue weighted by Gasteiger charge is 2.55. The van der Waals surface area contributed by atoms with Gasteiger partial charge in [0.05, 0.1) is 30.2 Å². The highest BCUT2D eigenvalue weighted by atomic mass is 79.9. The van der Waals surface area contributed by atoms with Gasteiger partial charge < -0.3 is 20.6 Å². The van der Waals surface area contributed by atoms with Crippen molar-refractivity contribution in [1.82, 2.24) is 0 Å². The highest BCUT2D eigenvalue weighted by Crippen LogP contribution is 2.49. The van der Waals surface area contributed by atoms with Crippen molar-refractivity contribution in [3.63, 3.8) is 0 Å². The molecule has 4 atom stereocenters. The highest BCUT2D eigenvalue weighted by molar-refractivity contribution is 9.10. The van der Waals surface area contributed by atoms with E-state index in [0.29, 0.717) is 36.1 Å². The number of aromatic hydroxyl groups is 1. The van der Waals surface area contributed by atoms with Crippen LogP contribution in [0.25, 0.3) is 6.08 Å². The fraction of sp³-hybridized carbons (Fsp3) is 0.333.